The third-order valence-electron chi connectivity index (χ3n) is 6.11. The third-order valence-corrected chi connectivity index (χ3v) is 9.37. The van der Waals surface area contributed by atoms with Crippen LogP contribution in [-0.2, 0) is 26.2 Å². The standard InChI is InChI=1S/C28H23ClF3N3O5S2/c1-17-6-8-23(14-18(17)2)35-42(39,40)26-15-19(7-13-25(26)29)27(36)33-21-9-11-24(12-10-21)41(37,38)34-22-5-3-4-20(16-22)28(30,31)32/h3-16,34-35H,1-2H3,(H,33,36). The third kappa shape index (κ3) is 7.22. The largest absolute Gasteiger partial charge is 0.416 e. The molecule has 0 saturated carbocycles. The van der Waals surface area contributed by atoms with Gasteiger partial charge in [-0.1, -0.05) is 23.7 Å². The van der Waals surface area contributed by atoms with Gasteiger partial charge in [0.25, 0.3) is 26.0 Å². The summed E-state index contributed by atoms with van der Waals surface area (Å²) in [6.45, 7) is 3.72. The zero-order valence-electron chi connectivity index (χ0n) is 22.0. The molecule has 0 fully saturated rings. The highest BCUT2D eigenvalue weighted by Crippen LogP contribution is 2.31. The molecule has 220 valence electrons. The first-order chi connectivity index (χ1) is 19.5. The van der Waals surface area contributed by atoms with Crippen LogP contribution in [0.3, 0.4) is 0 Å². The summed E-state index contributed by atoms with van der Waals surface area (Å²) in [6.07, 6.45) is -4.65. The van der Waals surface area contributed by atoms with E-state index in [2.05, 4.69) is 14.8 Å². The lowest BCUT2D eigenvalue weighted by Crippen LogP contribution is -2.17. The van der Waals surface area contributed by atoms with Gasteiger partial charge in [0.05, 0.1) is 15.5 Å². The quantitative estimate of drug-likeness (QED) is 0.196. The molecule has 8 nitrogen and oxygen atoms in total. The van der Waals surface area contributed by atoms with Crippen molar-refractivity contribution in [2.75, 3.05) is 14.8 Å². The van der Waals surface area contributed by atoms with E-state index in [1.165, 1.54) is 30.3 Å². The Morgan fingerprint density at radius 2 is 1.33 bits per heavy atom. The second kappa shape index (κ2) is 11.7. The molecule has 0 saturated heterocycles. The number of rotatable bonds is 8. The molecule has 0 aliphatic carbocycles. The normalized spacial score (nSPS) is 12.0. The van der Waals surface area contributed by atoms with Crippen molar-refractivity contribution >= 4 is 54.6 Å². The Labute approximate surface area is 245 Å². The Balaban J connectivity index is 1.49. The Bertz CT molecular complexity index is 1880. The van der Waals surface area contributed by atoms with Crippen molar-refractivity contribution in [3.8, 4) is 0 Å². The van der Waals surface area contributed by atoms with Crippen LogP contribution < -0.4 is 14.8 Å². The number of anilines is 3. The van der Waals surface area contributed by atoms with Gasteiger partial charge in [-0.3, -0.25) is 14.2 Å². The second-order valence-electron chi connectivity index (χ2n) is 9.21. The van der Waals surface area contributed by atoms with Crippen LogP contribution in [0.1, 0.15) is 27.0 Å². The highest BCUT2D eigenvalue weighted by molar-refractivity contribution is 7.93. The minimum atomic E-state index is -4.65. The molecular weight excluding hydrogens is 615 g/mol. The van der Waals surface area contributed by atoms with Crippen molar-refractivity contribution in [3.63, 3.8) is 0 Å². The lowest BCUT2D eigenvalue weighted by Gasteiger charge is -2.13. The molecule has 0 radical (unpaired) electrons. The number of amides is 1. The van der Waals surface area contributed by atoms with Gasteiger partial charge in [0, 0.05) is 22.6 Å². The molecule has 3 N–H and O–H groups in total. The molecule has 4 aromatic carbocycles. The molecule has 0 bridgehead atoms. The molecule has 0 aromatic heterocycles. The maximum absolute atomic E-state index is 13.0. The number of sulfonamides is 2. The van der Waals surface area contributed by atoms with Crippen LogP contribution in [0.4, 0.5) is 30.2 Å². The lowest BCUT2D eigenvalue weighted by atomic mass is 10.1. The van der Waals surface area contributed by atoms with Crippen LogP contribution >= 0.6 is 11.6 Å². The molecule has 4 rings (SSSR count). The summed E-state index contributed by atoms with van der Waals surface area (Å²) in [5.74, 6) is -0.702. The van der Waals surface area contributed by atoms with E-state index in [0.717, 1.165) is 41.5 Å². The van der Waals surface area contributed by atoms with Gasteiger partial charge in [-0.2, -0.15) is 13.2 Å². The summed E-state index contributed by atoms with van der Waals surface area (Å²) in [5, 5.41) is 2.43. The predicted octanol–water partition coefficient (Wildman–Crippen LogP) is 6.83. The molecule has 0 heterocycles. The van der Waals surface area contributed by atoms with Gasteiger partial charge in [-0.15, -0.1) is 0 Å². The maximum atomic E-state index is 13.0. The van der Waals surface area contributed by atoms with E-state index in [9.17, 15) is 34.8 Å². The van der Waals surface area contributed by atoms with Crippen LogP contribution in [0.5, 0.6) is 0 Å². The van der Waals surface area contributed by atoms with Gasteiger partial charge < -0.3 is 5.32 Å². The van der Waals surface area contributed by atoms with Crippen molar-refractivity contribution < 1.29 is 34.8 Å². The fraction of sp³-hybridized carbons (Fsp3) is 0.107. The topological polar surface area (TPSA) is 121 Å². The van der Waals surface area contributed by atoms with Crippen molar-refractivity contribution in [1.29, 1.82) is 0 Å². The summed E-state index contributed by atoms with van der Waals surface area (Å²) in [5.41, 5.74) is 1.02. The van der Waals surface area contributed by atoms with Crippen LogP contribution in [-0.4, -0.2) is 22.7 Å². The van der Waals surface area contributed by atoms with Gasteiger partial charge >= 0.3 is 6.18 Å². The first-order valence-corrected chi connectivity index (χ1v) is 15.4. The molecular formula is C28H23ClF3N3O5S2. The highest BCUT2D eigenvalue weighted by Gasteiger charge is 2.31. The Morgan fingerprint density at radius 3 is 1.98 bits per heavy atom. The molecule has 14 heteroatoms. The summed E-state index contributed by atoms with van der Waals surface area (Å²) in [6, 6.07) is 17.3. The fourth-order valence-corrected chi connectivity index (χ4v) is 6.39. The summed E-state index contributed by atoms with van der Waals surface area (Å²) in [4.78, 5) is 12.3. The van der Waals surface area contributed by atoms with E-state index in [-0.39, 0.29) is 31.8 Å². The molecule has 0 aliphatic rings. The zero-order valence-corrected chi connectivity index (χ0v) is 24.3. The van der Waals surface area contributed by atoms with Gasteiger partial charge in [0.2, 0.25) is 0 Å². The van der Waals surface area contributed by atoms with E-state index >= 15 is 0 Å². The zero-order chi connectivity index (χ0) is 30.9. The van der Waals surface area contributed by atoms with E-state index in [4.69, 9.17) is 11.6 Å². The van der Waals surface area contributed by atoms with Crippen molar-refractivity contribution in [2.45, 2.75) is 29.8 Å². The molecule has 0 spiro atoms. The summed E-state index contributed by atoms with van der Waals surface area (Å²) in [7, 11) is -8.41. The first kappa shape index (κ1) is 30.9. The minimum absolute atomic E-state index is 0.0391. The number of nitrogens with one attached hydrogen (secondary N) is 3. The summed E-state index contributed by atoms with van der Waals surface area (Å²) >= 11 is 6.15. The smallest absolute Gasteiger partial charge is 0.322 e. The monoisotopic (exact) mass is 637 g/mol. The Hall–Kier alpha value is -4.07. The maximum Gasteiger partial charge on any atom is 0.416 e. The lowest BCUT2D eigenvalue weighted by molar-refractivity contribution is -0.137. The van der Waals surface area contributed by atoms with E-state index in [1.54, 1.807) is 18.2 Å². The predicted molar refractivity (Wildman–Crippen MR) is 155 cm³/mol. The number of halogens is 4. The van der Waals surface area contributed by atoms with Gasteiger partial charge in [-0.25, -0.2) is 16.8 Å². The number of hydrogen-bond donors (Lipinski definition) is 3. The highest BCUT2D eigenvalue weighted by atomic mass is 35.5. The number of aryl methyl sites for hydroxylation is 2. The SMILES string of the molecule is Cc1ccc(NS(=O)(=O)c2cc(C(=O)Nc3ccc(S(=O)(=O)Nc4cccc(C(F)(F)F)c4)cc3)ccc2Cl)cc1C. The van der Waals surface area contributed by atoms with Gasteiger partial charge in [-0.05, 0) is 97.8 Å². The number of hydrogen-bond acceptors (Lipinski definition) is 5. The molecule has 0 aliphatic heterocycles. The average Bonchev–Trinajstić information content (AvgIpc) is 2.90. The number of carbonyl (C=O) groups excluding carboxylic acids is 1. The summed E-state index contributed by atoms with van der Waals surface area (Å²) < 4.78 is 94.9. The average molecular weight is 638 g/mol. The Kier molecular flexibility index (Phi) is 8.58. The molecule has 42 heavy (non-hydrogen) atoms. The van der Waals surface area contributed by atoms with Gasteiger partial charge in [0.15, 0.2) is 0 Å². The van der Waals surface area contributed by atoms with Gasteiger partial charge in [0.1, 0.15) is 4.90 Å². The van der Waals surface area contributed by atoms with Crippen LogP contribution in [0.15, 0.2) is 94.7 Å². The minimum Gasteiger partial charge on any atom is -0.322 e. The van der Waals surface area contributed by atoms with E-state index < -0.39 is 37.7 Å². The molecule has 0 atom stereocenters. The van der Waals surface area contributed by atoms with Crippen molar-refractivity contribution in [1.82, 2.24) is 0 Å². The van der Waals surface area contributed by atoms with E-state index in [1.807, 2.05) is 13.8 Å². The van der Waals surface area contributed by atoms with E-state index in [0.29, 0.717) is 11.8 Å². The van der Waals surface area contributed by atoms with Crippen LogP contribution in [0.25, 0.3) is 0 Å². The van der Waals surface area contributed by atoms with Crippen LogP contribution in [0.2, 0.25) is 5.02 Å². The van der Waals surface area contributed by atoms with Crippen molar-refractivity contribution in [2.24, 2.45) is 0 Å². The fourth-order valence-electron chi connectivity index (χ4n) is 3.76. The van der Waals surface area contributed by atoms with Crippen molar-refractivity contribution in [3.05, 3.63) is 112 Å². The first-order valence-electron chi connectivity index (χ1n) is 12.1. The molecule has 1 amide bonds. The number of benzene rings is 4. The second-order valence-corrected chi connectivity index (χ2v) is 13.0. The molecule has 0 unspecified atom stereocenters. The molecule has 4 aromatic rings. The Morgan fingerprint density at radius 1 is 0.714 bits per heavy atom. The van der Waals surface area contributed by atoms with Crippen LogP contribution in [0, 0.1) is 13.8 Å². The number of carbonyl (C=O) groups is 1. The number of alkyl halides is 3.